The van der Waals surface area contributed by atoms with Crippen molar-refractivity contribution >= 4 is 5.97 Å². The van der Waals surface area contributed by atoms with Crippen molar-refractivity contribution in [2.75, 3.05) is 7.11 Å². The zero-order valence-corrected chi connectivity index (χ0v) is 16.4. The summed E-state index contributed by atoms with van der Waals surface area (Å²) in [5, 5.41) is 4.70. The second-order valence-corrected chi connectivity index (χ2v) is 6.88. The van der Waals surface area contributed by atoms with E-state index in [-0.39, 0.29) is 5.97 Å². The molecule has 0 aliphatic heterocycles. The van der Waals surface area contributed by atoms with E-state index in [9.17, 15) is 4.79 Å². The molecule has 0 atom stereocenters. The summed E-state index contributed by atoms with van der Waals surface area (Å²) < 4.78 is 6.62. The number of ether oxygens (including phenoxy) is 1. The Hall–Kier alpha value is -3.73. The SMILES string of the molecule is COC(=O)c1ccc(Cn2ccc(-c3ccnc(-c4ccc(C)cc4)c3)n2)cc1. The summed E-state index contributed by atoms with van der Waals surface area (Å²) in [7, 11) is 1.38. The number of rotatable bonds is 5. The van der Waals surface area contributed by atoms with Gasteiger partial charge in [-0.2, -0.15) is 5.10 Å². The number of aryl methyl sites for hydroxylation is 1. The maximum absolute atomic E-state index is 11.5. The van der Waals surface area contributed by atoms with E-state index in [0.29, 0.717) is 12.1 Å². The Labute approximate surface area is 169 Å². The molecule has 0 radical (unpaired) electrons. The highest BCUT2D eigenvalue weighted by molar-refractivity contribution is 5.89. The minimum absolute atomic E-state index is 0.333. The first-order valence-electron chi connectivity index (χ1n) is 9.36. The number of nitrogens with zero attached hydrogens (tertiary/aromatic N) is 3. The lowest BCUT2D eigenvalue weighted by Gasteiger charge is -2.05. The lowest BCUT2D eigenvalue weighted by molar-refractivity contribution is 0.0600. The number of carbonyl (C=O) groups excluding carboxylic acids is 1. The Bertz CT molecular complexity index is 1130. The van der Waals surface area contributed by atoms with Crippen molar-refractivity contribution in [2.45, 2.75) is 13.5 Å². The van der Waals surface area contributed by atoms with Crippen LogP contribution < -0.4 is 0 Å². The van der Waals surface area contributed by atoms with Gasteiger partial charge in [0.25, 0.3) is 0 Å². The standard InChI is InChI=1S/C24H21N3O2/c1-17-3-7-19(8-4-17)23-15-21(11-13-25-23)22-12-14-27(26-22)16-18-5-9-20(10-6-18)24(28)29-2/h3-15H,16H2,1-2H3. The van der Waals surface area contributed by atoms with Crippen molar-refractivity contribution in [3.63, 3.8) is 0 Å². The Morgan fingerprint density at radius 1 is 0.931 bits per heavy atom. The predicted molar refractivity (Wildman–Crippen MR) is 113 cm³/mol. The van der Waals surface area contributed by atoms with E-state index in [1.165, 1.54) is 12.7 Å². The average Bonchev–Trinajstić information content (AvgIpc) is 3.23. The van der Waals surface area contributed by atoms with Crippen LogP contribution in [-0.2, 0) is 11.3 Å². The van der Waals surface area contributed by atoms with Crippen molar-refractivity contribution in [3.8, 4) is 22.5 Å². The molecule has 0 spiro atoms. The van der Waals surface area contributed by atoms with Gasteiger partial charge < -0.3 is 4.74 Å². The molecule has 0 saturated heterocycles. The number of hydrogen-bond donors (Lipinski definition) is 0. The highest BCUT2D eigenvalue weighted by atomic mass is 16.5. The molecular weight excluding hydrogens is 362 g/mol. The topological polar surface area (TPSA) is 57.0 Å². The molecule has 144 valence electrons. The first kappa shape index (κ1) is 18.6. The molecule has 2 aromatic carbocycles. The van der Waals surface area contributed by atoms with E-state index in [0.717, 1.165) is 28.1 Å². The van der Waals surface area contributed by atoms with Gasteiger partial charge in [-0.15, -0.1) is 0 Å². The third-order valence-electron chi connectivity index (χ3n) is 4.76. The second kappa shape index (κ2) is 8.10. The predicted octanol–water partition coefficient (Wildman–Crippen LogP) is 4.76. The number of methoxy groups -OCH3 is 1. The highest BCUT2D eigenvalue weighted by Gasteiger charge is 2.08. The van der Waals surface area contributed by atoms with E-state index >= 15 is 0 Å². The number of hydrogen-bond acceptors (Lipinski definition) is 4. The molecule has 0 N–H and O–H groups in total. The van der Waals surface area contributed by atoms with Crippen LogP contribution in [-0.4, -0.2) is 27.8 Å². The molecule has 0 aliphatic carbocycles. The van der Waals surface area contributed by atoms with Crippen LogP contribution in [0.4, 0.5) is 0 Å². The van der Waals surface area contributed by atoms with Gasteiger partial charge in [0.1, 0.15) is 0 Å². The fourth-order valence-electron chi connectivity index (χ4n) is 3.13. The molecule has 2 heterocycles. The molecule has 29 heavy (non-hydrogen) atoms. The molecule has 4 aromatic rings. The first-order chi connectivity index (χ1) is 14.1. The van der Waals surface area contributed by atoms with E-state index < -0.39 is 0 Å². The molecule has 0 aliphatic rings. The molecule has 2 aromatic heterocycles. The van der Waals surface area contributed by atoms with Crippen LogP contribution in [0.5, 0.6) is 0 Å². The third kappa shape index (κ3) is 4.24. The average molecular weight is 383 g/mol. The number of esters is 1. The normalized spacial score (nSPS) is 10.7. The monoisotopic (exact) mass is 383 g/mol. The molecule has 4 rings (SSSR count). The van der Waals surface area contributed by atoms with E-state index in [1.54, 1.807) is 12.1 Å². The molecule has 0 bridgehead atoms. The van der Waals surface area contributed by atoms with Crippen LogP contribution >= 0.6 is 0 Å². The molecule has 0 fully saturated rings. The Morgan fingerprint density at radius 2 is 1.69 bits per heavy atom. The summed E-state index contributed by atoms with van der Waals surface area (Å²) >= 11 is 0. The molecule has 0 unspecified atom stereocenters. The fourth-order valence-corrected chi connectivity index (χ4v) is 3.13. The summed E-state index contributed by atoms with van der Waals surface area (Å²) in [4.78, 5) is 16.0. The van der Waals surface area contributed by atoms with Gasteiger partial charge in [0, 0.05) is 23.5 Å². The lowest BCUT2D eigenvalue weighted by atomic mass is 10.1. The summed E-state index contributed by atoms with van der Waals surface area (Å²) in [5.41, 5.74) is 6.75. The summed E-state index contributed by atoms with van der Waals surface area (Å²) in [5.74, 6) is -0.333. The molecule has 0 amide bonds. The van der Waals surface area contributed by atoms with Crippen molar-refractivity contribution in [2.24, 2.45) is 0 Å². The number of pyridine rings is 1. The van der Waals surface area contributed by atoms with E-state index in [4.69, 9.17) is 9.84 Å². The summed E-state index contributed by atoms with van der Waals surface area (Å²) in [6.07, 6.45) is 3.77. The van der Waals surface area contributed by atoms with Gasteiger partial charge in [-0.05, 0) is 42.8 Å². The van der Waals surface area contributed by atoms with Crippen molar-refractivity contribution in [1.82, 2.24) is 14.8 Å². The quantitative estimate of drug-likeness (QED) is 0.467. The lowest BCUT2D eigenvalue weighted by Crippen LogP contribution is -2.03. The van der Waals surface area contributed by atoms with Crippen LogP contribution in [0, 0.1) is 6.92 Å². The minimum atomic E-state index is -0.333. The summed E-state index contributed by atoms with van der Waals surface area (Å²) in [6.45, 7) is 2.70. The number of benzene rings is 2. The first-order valence-corrected chi connectivity index (χ1v) is 9.36. The Kier molecular flexibility index (Phi) is 5.20. The van der Waals surface area contributed by atoms with Crippen molar-refractivity contribution in [1.29, 1.82) is 0 Å². The van der Waals surface area contributed by atoms with Crippen LogP contribution in [0.15, 0.2) is 79.1 Å². The smallest absolute Gasteiger partial charge is 0.337 e. The number of carbonyl (C=O) groups is 1. The zero-order valence-electron chi connectivity index (χ0n) is 16.4. The molecule has 5 nitrogen and oxygen atoms in total. The van der Waals surface area contributed by atoms with E-state index in [1.807, 2.05) is 41.3 Å². The fraction of sp³-hybridized carbons (Fsp3) is 0.125. The molecule has 0 saturated carbocycles. The highest BCUT2D eigenvalue weighted by Crippen LogP contribution is 2.24. The van der Waals surface area contributed by atoms with Crippen LogP contribution in [0.2, 0.25) is 0 Å². The van der Waals surface area contributed by atoms with Crippen molar-refractivity contribution in [3.05, 3.63) is 95.8 Å². The number of aromatic nitrogens is 3. The molecule has 5 heteroatoms. The maximum Gasteiger partial charge on any atom is 0.337 e. The maximum atomic E-state index is 11.5. The summed E-state index contributed by atoms with van der Waals surface area (Å²) in [6, 6.07) is 21.7. The van der Waals surface area contributed by atoms with Gasteiger partial charge in [-0.1, -0.05) is 42.0 Å². The van der Waals surface area contributed by atoms with Gasteiger partial charge in [0.2, 0.25) is 0 Å². The molecular formula is C24H21N3O2. The van der Waals surface area contributed by atoms with Gasteiger partial charge in [-0.3, -0.25) is 9.67 Å². The Balaban J connectivity index is 1.52. The van der Waals surface area contributed by atoms with Crippen LogP contribution in [0.3, 0.4) is 0 Å². The second-order valence-electron chi connectivity index (χ2n) is 6.88. The van der Waals surface area contributed by atoms with Gasteiger partial charge in [0.15, 0.2) is 0 Å². The van der Waals surface area contributed by atoms with Gasteiger partial charge in [-0.25, -0.2) is 4.79 Å². The van der Waals surface area contributed by atoms with E-state index in [2.05, 4.69) is 42.2 Å². The third-order valence-corrected chi connectivity index (χ3v) is 4.76. The largest absolute Gasteiger partial charge is 0.465 e. The van der Waals surface area contributed by atoms with Crippen LogP contribution in [0.1, 0.15) is 21.5 Å². The van der Waals surface area contributed by atoms with Gasteiger partial charge >= 0.3 is 5.97 Å². The van der Waals surface area contributed by atoms with Crippen LogP contribution in [0.25, 0.3) is 22.5 Å². The van der Waals surface area contributed by atoms with Gasteiger partial charge in [0.05, 0.1) is 30.6 Å². The zero-order chi connectivity index (χ0) is 20.2. The minimum Gasteiger partial charge on any atom is -0.465 e. The van der Waals surface area contributed by atoms with Crippen molar-refractivity contribution < 1.29 is 9.53 Å². The Morgan fingerprint density at radius 3 is 2.41 bits per heavy atom.